The van der Waals surface area contributed by atoms with Crippen molar-refractivity contribution < 1.29 is 19.1 Å². The van der Waals surface area contributed by atoms with Gasteiger partial charge in [0.15, 0.2) is 0 Å². The van der Waals surface area contributed by atoms with Crippen LogP contribution in [0.5, 0.6) is 5.75 Å². The summed E-state index contributed by atoms with van der Waals surface area (Å²) in [5.74, 6) is 0.170. The highest BCUT2D eigenvalue weighted by molar-refractivity contribution is 6.34. The van der Waals surface area contributed by atoms with Gasteiger partial charge in [0.2, 0.25) is 5.91 Å². The lowest BCUT2D eigenvalue weighted by atomic mass is 10.2. The second-order valence-corrected chi connectivity index (χ2v) is 5.64. The van der Waals surface area contributed by atoms with Crippen molar-refractivity contribution in [3.05, 3.63) is 59.1 Å². The molecule has 0 bridgehead atoms. The summed E-state index contributed by atoms with van der Waals surface area (Å²) in [6, 6.07) is 14.1. The van der Waals surface area contributed by atoms with Crippen LogP contribution < -0.4 is 10.1 Å². The van der Waals surface area contributed by atoms with Gasteiger partial charge in [-0.25, -0.2) is 4.79 Å². The monoisotopic (exact) mass is 361 g/mol. The van der Waals surface area contributed by atoms with Gasteiger partial charge in [0.1, 0.15) is 5.75 Å². The highest BCUT2D eigenvalue weighted by atomic mass is 35.5. The van der Waals surface area contributed by atoms with Gasteiger partial charge in [0, 0.05) is 6.42 Å². The number of nitrogens with one attached hydrogen (secondary N) is 1. The first-order valence-corrected chi connectivity index (χ1v) is 8.42. The Morgan fingerprint density at radius 1 is 1.12 bits per heavy atom. The van der Waals surface area contributed by atoms with Crippen molar-refractivity contribution in [2.75, 3.05) is 18.5 Å². The summed E-state index contributed by atoms with van der Waals surface area (Å²) in [5, 5.41) is 3.02. The number of esters is 1. The van der Waals surface area contributed by atoms with Crippen molar-refractivity contribution in [3.8, 4) is 5.75 Å². The van der Waals surface area contributed by atoms with E-state index in [1.165, 1.54) is 6.07 Å². The minimum atomic E-state index is -0.444. The Labute approximate surface area is 151 Å². The molecule has 6 heteroatoms. The zero-order valence-corrected chi connectivity index (χ0v) is 14.7. The van der Waals surface area contributed by atoms with Crippen molar-refractivity contribution in [3.63, 3.8) is 0 Å². The van der Waals surface area contributed by atoms with Crippen LogP contribution in [0.25, 0.3) is 0 Å². The molecule has 0 radical (unpaired) electrons. The van der Waals surface area contributed by atoms with E-state index in [9.17, 15) is 9.59 Å². The van der Waals surface area contributed by atoms with Crippen molar-refractivity contribution in [2.24, 2.45) is 0 Å². The van der Waals surface area contributed by atoms with Crippen LogP contribution >= 0.6 is 11.6 Å². The van der Waals surface area contributed by atoms with Gasteiger partial charge in [-0.3, -0.25) is 4.79 Å². The van der Waals surface area contributed by atoms with Crippen LogP contribution in [-0.2, 0) is 9.53 Å². The lowest BCUT2D eigenvalue weighted by Crippen LogP contribution is -2.13. The molecule has 0 saturated heterocycles. The minimum Gasteiger partial charge on any atom is -0.494 e. The first-order valence-electron chi connectivity index (χ1n) is 8.04. The van der Waals surface area contributed by atoms with Crippen LogP contribution in [0.1, 0.15) is 30.1 Å². The Hall–Kier alpha value is -2.53. The number of carbonyl (C=O) groups is 2. The highest BCUT2D eigenvalue weighted by Crippen LogP contribution is 2.23. The van der Waals surface area contributed by atoms with Gasteiger partial charge >= 0.3 is 5.97 Å². The molecule has 0 fully saturated rings. The maximum absolute atomic E-state index is 12.0. The van der Waals surface area contributed by atoms with Gasteiger partial charge < -0.3 is 14.8 Å². The first kappa shape index (κ1) is 18.8. The summed E-state index contributed by atoms with van der Waals surface area (Å²) in [7, 11) is 0. The topological polar surface area (TPSA) is 64.6 Å². The molecule has 0 aliphatic heterocycles. The zero-order chi connectivity index (χ0) is 18.1. The molecular formula is C19H20ClNO4. The Balaban J connectivity index is 1.79. The van der Waals surface area contributed by atoms with Gasteiger partial charge in [-0.1, -0.05) is 29.8 Å². The molecule has 25 heavy (non-hydrogen) atoms. The van der Waals surface area contributed by atoms with Crippen molar-refractivity contribution in [2.45, 2.75) is 19.8 Å². The molecule has 2 aromatic carbocycles. The second kappa shape index (κ2) is 9.69. The number of rotatable bonds is 8. The molecule has 0 aliphatic carbocycles. The number of anilines is 1. The Morgan fingerprint density at radius 3 is 2.56 bits per heavy atom. The Morgan fingerprint density at radius 2 is 1.88 bits per heavy atom. The van der Waals surface area contributed by atoms with Gasteiger partial charge in [0.05, 0.1) is 29.5 Å². The van der Waals surface area contributed by atoms with Crippen LogP contribution in [0, 0.1) is 0 Å². The van der Waals surface area contributed by atoms with Gasteiger partial charge in [-0.2, -0.15) is 0 Å². The standard InChI is InChI=1S/C19H20ClNO4/c1-2-24-19(23)14-10-11-17(16(20)13-14)21-18(22)9-6-12-25-15-7-4-3-5-8-15/h3-5,7-8,10-11,13H,2,6,9,12H2,1H3,(H,21,22). The molecule has 0 atom stereocenters. The van der Waals surface area contributed by atoms with E-state index < -0.39 is 5.97 Å². The molecule has 0 unspecified atom stereocenters. The number of halogens is 1. The van der Waals surface area contributed by atoms with E-state index >= 15 is 0 Å². The largest absolute Gasteiger partial charge is 0.494 e. The molecule has 2 aromatic rings. The SMILES string of the molecule is CCOC(=O)c1ccc(NC(=O)CCCOc2ccccc2)c(Cl)c1. The Kier molecular flexibility index (Phi) is 7.29. The number of carbonyl (C=O) groups excluding carboxylic acids is 2. The maximum atomic E-state index is 12.0. The molecule has 132 valence electrons. The molecule has 0 saturated carbocycles. The number of amides is 1. The van der Waals surface area contributed by atoms with Gasteiger partial charge in [-0.15, -0.1) is 0 Å². The summed E-state index contributed by atoms with van der Waals surface area (Å²) in [5.41, 5.74) is 0.810. The van der Waals surface area contributed by atoms with Crippen molar-refractivity contribution >= 4 is 29.2 Å². The quantitative estimate of drug-likeness (QED) is 0.562. The highest BCUT2D eigenvalue weighted by Gasteiger charge is 2.11. The fraction of sp³-hybridized carbons (Fsp3) is 0.263. The zero-order valence-electron chi connectivity index (χ0n) is 14.0. The smallest absolute Gasteiger partial charge is 0.338 e. The van der Waals surface area contributed by atoms with Crippen LogP contribution in [0.2, 0.25) is 5.02 Å². The third-order valence-electron chi connectivity index (χ3n) is 3.31. The van der Waals surface area contributed by atoms with Crippen LogP contribution in [0.4, 0.5) is 5.69 Å². The fourth-order valence-corrected chi connectivity index (χ4v) is 2.34. The third kappa shape index (κ3) is 6.12. The van der Waals surface area contributed by atoms with Gasteiger partial charge in [0.25, 0.3) is 0 Å². The van der Waals surface area contributed by atoms with Crippen molar-refractivity contribution in [1.82, 2.24) is 0 Å². The normalized spacial score (nSPS) is 10.2. The number of hydrogen-bond donors (Lipinski definition) is 1. The number of para-hydroxylation sites is 1. The fourth-order valence-electron chi connectivity index (χ4n) is 2.11. The molecule has 0 spiro atoms. The minimum absolute atomic E-state index is 0.164. The first-order chi connectivity index (χ1) is 12.1. The number of hydrogen-bond acceptors (Lipinski definition) is 4. The summed E-state index contributed by atoms with van der Waals surface area (Å²) in [6.07, 6.45) is 0.891. The van der Waals surface area contributed by atoms with E-state index in [0.717, 1.165) is 5.75 Å². The molecule has 0 aromatic heterocycles. The summed E-state index contributed by atoms with van der Waals surface area (Å²) >= 11 is 6.11. The van der Waals surface area contributed by atoms with E-state index in [1.54, 1.807) is 19.1 Å². The predicted octanol–water partition coefficient (Wildman–Crippen LogP) is 4.31. The van der Waals surface area contributed by atoms with E-state index in [-0.39, 0.29) is 5.91 Å². The van der Waals surface area contributed by atoms with E-state index in [0.29, 0.717) is 42.3 Å². The van der Waals surface area contributed by atoms with Crippen LogP contribution in [0.15, 0.2) is 48.5 Å². The molecule has 5 nitrogen and oxygen atoms in total. The third-order valence-corrected chi connectivity index (χ3v) is 3.63. The molecule has 1 N–H and O–H groups in total. The predicted molar refractivity (Wildman–Crippen MR) is 97.2 cm³/mol. The van der Waals surface area contributed by atoms with E-state index in [1.807, 2.05) is 30.3 Å². The summed E-state index contributed by atoms with van der Waals surface area (Å²) < 4.78 is 10.4. The average Bonchev–Trinajstić information content (AvgIpc) is 2.61. The maximum Gasteiger partial charge on any atom is 0.338 e. The van der Waals surface area contributed by atoms with E-state index in [4.69, 9.17) is 21.1 Å². The number of ether oxygens (including phenoxy) is 2. The summed E-state index contributed by atoms with van der Waals surface area (Å²) in [6.45, 7) is 2.47. The lowest BCUT2D eigenvalue weighted by Gasteiger charge is -2.09. The molecule has 0 aliphatic rings. The van der Waals surface area contributed by atoms with E-state index in [2.05, 4.69) is 5.32 Å². The molecule has 2 rings (SSSR count). The second-order valence-electron chi connectivity index (χ2n) is 5.23. The van der Waals surface area contributed by atoms with Gasteiger partial charge in [-0.05, 0) is 43.7 Å². The van der Waals surface area contributed by atoms with Crippen LogP contribution in [-0.4, -0.2) is 25.1 Å². The molecule has 1 amide bonds. The Bertz CT molecular complexity index is 719. The van der Waals surface area contributed by atoms with Crippen LogP contribution in [0.3, 0.4) is 0 Å². The molecular weight excluding hydrogens is 342 g/mol. The number of benzene rings is 2. The summed E-state index contributed by atoms with van der Waals surface area (Å²) in [4.78, 5) is 23.6. The lowest BCUT2D eigenvalue weighted by molar-refractivity contribution is -0.116. The average molecular weight is 362 g/mol. The van der Waals surface area contributed by atoms with Crippen molar-refractivity contribution in [1.29, 1.82) is 0 Å². The molecule has 0 heterocycles.